The molecule has 1 N–H and O–H groups in total. The molecular weight excluding hydrogens is 415 g/mol. The van der Waals surface area contributed by atoms with Gasteiger partial charge in [-0.15, -0.1) is 0 Å². The number of ketones is 1. The zero-order valence-corrected chi connectivity index (χ0v) is 16.6. The monoisotopic (exact) mass is 428 g/mol. The minimum absolute atomic E-state index is 0.0692. The van der Waals surface area contributed by atoms with Crippen LogP contribution in [0.15, 0.2) is 64.7 Å². The second-order valence-electron chi connectivity index (χ2n) is 6.53. The van der Waals surface area contributed by atoms with E-state index < -0.39 is 17.7 Å². The number of aliphatic hydroxyl groups is 1. The van der Waals surface area contributed by atoms with Crippen molar-refractivity contribution in [3.8, 4) is 0 Å². The number of aryl methyl sites for hydroxylation is 1. The third-order valence-electron chi connectivity index (χ3n) is 4.59. The lowest BCUT2D eigenvalue weighted by atomic mass is 9.95. The molecule has 0 radical (unpaired) electrons. The fourth-order valence-electron chi connectivity index (χ4n) is 3.29. The fraction of sp³-hybridized carbons (Fsp3) is 0.0952. The predicted molar refractivity (Wildman–Crippen MR) is 109 cm³/mol. The van der Waals surface area contributed by atoms with Crippen LogP contribution in [-0.4, -0.2) is 22.0 Å². The largest absolute Gasteiger partial charge is 0.507 e. The van der Waals surface area contributed by atoms with Crippen LogP contribution in [0.2, 0.25) is 10.0 Å². The highest BCUT2D eigenvalue weighted by atomic mass is 35.5. The molecule has 4 rings (SSSR count). The van der Waals surface area contributed by atoms with Gasteiger partial charge < -0.3 is 9.63 Å². The van der Waals surface area contributed by atoms with Crippen molar-refractivity contribution in [2.75, 3.05) is 4.90 Å². The number of aromatic nitrogens is 1. The van der Waals surface area contributed by atoms with Crippen LogP contribution in [0.5, 0.6) is 0 Å². The van der Waals surface area contributed by atoms with Crippen LogP contribution < -0.4 is 4.90 Å². The summed E-state index contributed by atoms with van der Waals surface area (Å²) in [6, 6.07) is 13.7. The molecule has 1 fully saturated rings. The Kier molecular flexibility index (Phi) is 4.90. The summed E-state index contributed by atoms with van der Waals surface area (Å²) in [5.74, 6) is -1.32. The van der Waals surface area contributed by atoms with Crippen LogP contribution >= 0.6 is 23.2 Å². The standard InChI is InChI=1S/C21H14Cl2N2O4/c1-11-9-16(24-29-11)25-18(13-3-2-4-15(23)10-13)17(20(27)21(25)28)19(26)12-5-7-14(22)8-6-12/h2-10,18,26H,1H3/b19-17+/t18-/m0/s1. The van der Waals surface area contributed by atoms with Crippen molar-refractivity contribution in [2.24, 2.45) is 0 Å². The Labute approximate surface area is 175 Å². The van der Waals surface area contributed by atoms with Gasteiger partial charge in [0.05, 0.1) is 11.6 Å². The number of aliphatic hydroxyl groups excluding tert-OH is 1. The van der Waals surface area contributed by atoms with Crippen LogP contribution in [0.3, 0.4) is 0 Å². The Bertz CT molecular complexity index is 1150. The van der Waals surface area contributed by atoms with Gasteiger partial charge in [-0.2, -0.15) is 0 Å². The van der Waals surface area contributed by atoms with Gasteiger partial charge in [-0.3, -0.25) is 14.5 Å². The summed E-state index contributed by atoms with van der Waals surface area (Å²) >= 11 is 12.1. The van der Waals surface area contributed by atoms with E-state index in [1.807, 2.05) is 0 Å². The van der Waals surface area contributed by atoms with E-state index in [-0.39, 0.29) is 17.2 Å². The fourth-order valence-corrected chi connectivity index (χ4v) is 3.62. The number of benzene rings is 2. The first-order chi connectivity index (χ1) is 13.9. The maximum atomic E-state index is 12.9. The molecule has 1 atom stereocenters. The lowest BCUT2D eigenvalue weighted by molar-refractivity contribution is -0.132. The Morgan fingerprint density at radius 1 is 1.07 bits per heavy atom. The average Bonchev–Trinajstić information content (AvgIpc) is 3.23. The Balaban J connectivity index is 1.95. The summed E-state index contributed by atoms with van der Waals surface area (Å²) in [7, 11) is 0. The number of hydrogen-bond acceptors (Lipinski definition) is 5. The first-order valence-electron chi connectivity index (χ1n) is 8.62. The van der Waals surface area contributed by atoms with Crippen molar-refractivity contribution in [3.05, 3.63) is 87.1 Å². The minimum atomic E-state index is -0.922. The van der Waals surface area contributed by atoms with E-state index in [0.29, 0.717) is 26.9 Å². The van der Waals surface area contributed by atoms with Crippen molar-refractivity contribution >= 4 is 46.5 Å². The summed E-state index contributed by atoms with van der Waals surface area (Å²) in [6.07, 6.45) is 0. The van der Waals surface area contributed by atoms with Crippen molar-refractivity contribution in [3.63, 3.8) is 0 Å². The Morgan fingerprint density at radius 2 is 1.79 bits per heavy atom. The van der Waals surface area contributed by atoms with E-state index in [1.54, 1.807) is 61.5 Å². The van der Waals surface area contributed by atoms with Crippen LogP contribution in [-0.2, 0) is 9.59 Å². The van der Waals surface area contributed by atoms with Crippen LogP contribution in [0.1, 0.15) is 22.9 Å². The first-order valence-corrected chi connectivity index (χ1v) is 9.38. The molecule has 6 nitrogen and oxygen atoms in total. The number of carbonyl (C=O) groups excluding carboxylic acids is 2. The molecule has 1 saturated heterocycles. The molecule has 146 valence electrons. The number of nitrogens with zero attached hydrogens (tertiary/aromatic N) is 2. The van der Waals surface area contributed by atoms with Gasteiger partial charge >= 0.3 is 5.91 Å². The molecule has 1 aliphatic rings. The van der Waals surface area contributed by atoms with Crippen LogP contribution in [0.4, 0.5) is 5.82 Å². The van der Waals surface area contributed by atoms with Gasteiger partial charge in [-0.25, -0.2) is 0 Å². The second kappa shape index (κ2) is 7.39. The predicted octanol–water partition coefficient (Wildman–Crippen LogP) is 4.92. The van der Waals surface area contributed by atoms with Gasteiger partial charge in [-0.05, 0) is 48.9 Å². The summed E-state index contributed by atoms with van der Waals surface area (Å²) in [4.78, 5) is 27.0. The van der Waals surface area contributed by atoms with Gasteiger partial charge in [0.25, 0.3) is 5.78 Å². The van der Waals surface area contributed by atoms with Crippen molar-refractivity contribution in [1.29, 1.82) is 0 Å². The third-order valence-corrected chi connectivity index (χ3v) is 5.08. The van der Waals surface area contributed by atoms with Gasteiger partial charge in [0.1, 0.15) is 11.5 Å². The number of hydrogen-bond donors (Lipinski definition) is 1. The molecule has 0 spiro atoms. The van der Waals surface area contributed by atoms with Crippen molar-refractivity contribution in [2.45, 2.75) is 13.0 Å². The lowest BCUT2D eigenvalue weighted by Crippen LogP contribution is -2.29. The highest BCUT2D eigenvalue weighted by Gasteiger charge is 2.48. The molecule has 3 aromatic rings. The van der Waals surface area contributed by atoms with E-state index >= 15 is 0 Å². The van der Waals surface area contributed by atoms with Crippen molar-refractivity contribution < 1.29 is 19.2 Å². The van der Waals surface area contributed by atoms with Crippen LogP contribution in [0, 0.1) is 6.92 Å². The van der Waals surface area contributed by atoms with Crippen LogP contribution in [0.25, 0.3) is 5.76 Å². The number of anilines is 1. The number of amides is 1. The molecule has 8 heteroatoms. The average molecular weight is 429 g/mol. The summed E-state index contributed by atoms with van der Waals surface area (Å²) in [5, 5.41) is 15.7. The minimum Gasteiger partial charge on any atom is -0.507 e. The molecule has 1 aromatic heterocycles. The molecule has 0 saturated carbocycles. The van der Waals surface area contributed by atoms with Gasteiger partial charge in [-0.1, -0.05) is 40.5 Å². The van der Waals surface area contributed by atoms with Gasteiger partial charge in [0.15, 0.2) is 5.82 Å². The molecule has 0 bridgehead atoms. The smallest absolute Gasteiger partial charge is 0.301 e. The summed E-state index contributed by atoms with van der Waals surface area (Å²) in [6.45, 7) is 1.68. The third kappa shape index (κ3) is 3.41. The van der Waals surface area contributed by atoms with E-state index in [0.717, 1.165) is 0 Å². The molecule has 1 amide bonds. The molecular formula is C21H14Cl2N2O4. The molecule has 29 heavy (non-hydrogen) atoms. The van der Waals surface area contributed by atoms with E-state index in [1.165, 1.54) is 4.90 Å². The second-order valence-corrected chi connectivity index (χ2v) is 7.40. The maximum absolute atomic E-state index is 12.9. The first kappa shape index (κ1) is 19.2. The number of rotatable bonds is 3. The highest BCUT2D eigenvalue weighted by molar-refractivity contribution is 6.51. The Hall–Kier alpha value is -3.09. The van der Waals surface area contributed by atoms with Crippen molar-refractivity contribution in [1.82, 2.24) is 5.16 Å². The summed E-state index contributed by atoms with van der Waals surface area (Å²) < 4.78 is 5.09. The normalized spacial score (nSPS) is 18.4. The SMILES string of the molecule is Cc1cc(N2C(=O)C(=O)/C(=C(/O)c3ccc(Cl)cc3)[C@@H]2c2cccc(Cl)c2)no1. The number of carbonyl (C=O) groups is 2. The number of Topliss-reactive ketones (excluding diaryl/α,β-unsaturated/α-hetero) is 1. The molecule has 2 aromatic carbocycles. The maximum Gasteiger partial charge on any atom is 0.301 e. The molecule has 0 aliphatic carbocycles. The summed E-state index contributed by atoms with van der Waals surface area (Å²) in [5.41, 5.74) is 0.837. The lowest BCUT2D eigenvalue weighted by Gasteiger charge is -2.23. The molecule has 1 aliphatic heterocycles. The topological polar surface area (TPSA) is 83.6 Å². The molecule has 0 unspecified atom stereocenters. The zero-order valence-electron chi connectivity index (χ0n) is 15.1. The van der Waals surface area contributed by atoms with Gasteiger partial charge in [0, 0.05) is 21.7 Å². The quantitative estimate of drug-likeness (QED) is 0.363. The Morgan fingerprint density at radius 3 is 2.41 bits per heavy atom. The van der Waals surface area contributed by atoms with Gasteiger partial charge in [0.2, 0.25) is 0 Å². The highest BCUT2D eigenvalue weighted by Crippen LogP contribution is 2.42. The molecule has 2 heterocycles. The zero-order chi connectivity index (χ0) is 20.7. The number of halogens is 2. The van der Waals surface area contributed by atoms with E-state index in [9.17, 15) is 14.7 Å². The van der Waals surface area contributed by atoms with E-state index in [2.05, 4.69) is 5.16 Å². The van der Waals surface area contributed by atoms with E-state index in [4.69, 9.17) is 27.7 Å².